The second-order valence-corrected chi connectivity index (χ2v) is 5.24. The molecule has 0 aliphatic carbocycles. The van der Waals surface area contributed by atoms with Crippen LogP contribution in [0, 0.1) is 0 Å². The normalized spacial score (nSPS) is 18.8. The van der Waals surface area contributed by atoms with Gasteiger partial charge in [-0.2, -0.15) is 0 Å². The predicted octanol–water partition coefficient (Wildman–Crippen LogP) is 2.39. The molecule has 122 valence electrons. The standard InChI is InChI=1S/C15H19F3N2O2/c16-15(17,18)22-12-6-4-11(5-7-12)8-10-20-14(21)13-3-1-2-9-19-13/h4-7,13,19H,1-3,8-10H2,(H,20,21). The lowest BCUT2D eigenvalue weighted by Crippen LogP contribution is -2.47. The molecule has 2 N–H and O–H groups in total. The third-order valence-electron chi connectivity index (χ3n) is 3.50. The number of rotatable bonds is 5. The number of carbonyl (C=O) groups is 1. The van der Waals surface area contributed by atoms with Gasteiger partial charge in [0.25, 0.3) is 0 Å². The minimum atomic E-state index is -4.68. The first-order valence-electron chi connectivity index (χ1n) is 7.30. The third-order valence-corrected chi connectivity index (χ3v) is 3.50. The van der Waals surface area contributed by atoms with Crippen molar-refractivity contribution in [1.82, 2.24) is 10.6 Å². The zero-order chi connectivity index (χ0) is 16.0. The van der Waals surface area contributed by atoms with Crippen molar-refractivity contribution in [1.29, 1.82) is 0 Å². The third kappa shape index (κ3) is 5.55. The molecule has 0 bridgehead atoms. The van der Waals surface area contributed by atoms with Crippen molar-refractivity contribution in [2.75, 3.05) is 13.1 Å². The number of piperidine rings is 1. The summed E-state index contributed by atoms with van der Waals surface area (Å²) in [5, 5.41) is 6.00. The van der Waals surface area contributed by atoms with Crippen LogP contribution in [0.1, 0.15) is 24.8 Å². The molecule has 0 radical (unpaired) electrons. The summed E-state index contributed by atoms with van der Waals surface area (Å²) in [6, 6.07) is 5.54. The Morgan fingerprint density at radius 1 is 1.27 bits per heavy atom. The van der Waals surface area contributed by atoms with Gasteiger partial charge in [-0.1, -0.05) is 18.6 Å². The van der Waals surface area contributed by atoms with Crippen LogP contribution >= 0.6 is 0 Å². The van der Waals surface area contributed by atoms with Gasteiger partial charge < -0.3 is 15.4 Å². The lowest BCUT2D eigenvalue weighted by Gasteiger charge is -2.22. The quantitative estimate of drug-likeness (QED) is 0.877. The Bertz CT molecular complexity index is 483. The zero-order valence-electron chi connectivity index (χ0n) is 12.1. The van der Waals surface area contributed by atoms with Gasteiger partial charge in [0.05, 0.1) is 6.04 Å². The van der Waals surface area contributed by atoms with E-state index in [4.69, 9.17) is 0 Å². The molecule has 2 rings (SSSR count). The van der Waals surface area contributed by atoms with Crippen LogP contribution in [0.4, 0.5) is 13.2 Å². The Morgan fingerprint density at radius 2 is 2.00 bits per heavy atom. The van der Waals surface area contributed by atoms with Crippen molar-refractivity contribution in [3.8, 4) is 5.75 Å². The van der Waals surface area contributed by atoms with Crippen LogP contribution < -0.4 is 15.4 Å². The molecule has 1 aliphatic heterocycles. The highest BCUT2D eigenvalue weighted by Crippen LogP contribution is 2.22. The molecule has 1 unspecified atom stereocenters. The first-order chi connectivity index (χ1) is 10.4. The maximum absolute atomic E-state index is 12.0. The first kappa shape index (κ1) is 16.6. The molecule has 1 amide bonds. The van der Waals surface area contributed by atoms with Crippen LogP contribution in [0.25, 0.3) is 0 Å². The summed E-state index contributed by atoms with van der Waals surface area (Å²) in [6.45, 7) is 1.31. The van der Waals surface area contributed by atoms with Crippen LogP contribution in [0.5, 0.6) is 5.75 Å². The number of benzene rings is 1. The van der Waals surface area contributed by atoms with Crippen molar-refractivity contribution in [3.63, 3.8) is 0 Å². The molecule has 1 saturated heterocycles. The second kappa shape index (κ2) is 7.49. The molecule has 0 aromatic heterocycles. The van der Waals surface area contributed by atoms with Crippen LogP contribution in [0.15, 0.2) is 24.3 Å². The number of alkyl halides is 3. The monoisotopic (exact) mass is 316 g/mol. The Morgan fingerprint density at radius 3 is 2.59 bits per heavy atom. The van der Waals surface area contributed by atoms with Crippen LogP contribution in [0.2, 0.25) is 0 Å². The lowest BCUT2D eigenvalue weighted by atomic mass is 10.0. The topological polar surface area (TPSA) is 50.4 Å². The smallest absolute Gasteiger partial charge is 0.406 e. The number of hydrogen-bond donors (Lipinski definition) is 2. The van der Waals surface area contributed by atoms with Crippen molar-refractivity contribution in [2.24, 2.45) is 0 Å². The lowest BCUT2D eigenvalue weighted by molar-refractivity contribution is -0.274. The molecule has 0 saturated carbocycles. The highest BCUT2D eigenvalue weighted by atomic mass is 19.4. The van der Waals surface area contributed by atoms with Gasteiger partial charge in [0.15, 0.2) is 0 Å². The van der Waals surface area contributed by atoms with Crippen LogP contribution in [-0.4, -0.2) is 31.4 Å². The largest absolute Gasteiger partial charge is 0.573 e. The Hall–Kier alpha value is -1.76. The molecule has 1 fully saturated rings. The minimum absolute atomic E-state index is 0.0169. The highest BCUT2D eigenvalue weighted by Gasteiger charge is 2.30. The fraction of sp³-hybridized carbons (Fsp3) is 0.533. The van der Waals surface area contributed by atoms with E-state index in [-0.39, 0.29) is 17.7 Å². The summed E-state index contributed by atoms with van der Waals surface area (Å²) >= 11 is 0. The maximum atomic E-state index is 12.0. The van der Waals surface area contributed by atoms with Gasteiger partial charge in [0.1, 0.15) is 5.75 Å². The number of hydrogen-bond acceptors (Lipinski definition) is 3. The molecule has 1 atom stereocenters. The summed E-state index contributed by atoms with van der Waals surface area (Å²) in [5.74, 6) is -0.261. The second-order valence-electron chi connectivity index (χ2n) is 5.24. The molecule has 7 heteroatoms. The van der Waals surface area contributed by atoms with Gasteiger partial charge in [-0.25, -0.2) is 0 Å². The summed E-state index contributed by atoms with van der Waals surface area (Å²) < 4.78 is 39.9. The molecule has 4 nitrogen and oxygen atoms in total. The average Bonchev–Trinajstić information content (AvgIpc) is 2.48. The fourth-order valence-electron chi connectivity index (χ4n) is 2.39. The average molecular weight is 316 g/mol. The number of carbonyl (C=O) groups excluding carboxylic acids is 1. The molecular formula is C15H19F3N2O2. The van der Waals surface area contributed by atoms with Crippen LogP contribution in [0.3, 0.4) is 0 Å². The molecule has 0 spiro atoms. The highest BCUT2D eigenvalue weighted by molar-refractivity contribution is 5.81. The number of amides is 1. The van der Waals surface area contributed by atoms with Crippen molar-refractivity contribution >= 4 is 5.91 Å². The van der Waals surface area contributed by atoms with Crippen molar-refractivity contribution < 1.29 is 22.7 Å². The first-order valence-corrected chi connectivity index (χ1v) is 7.30. The Labute approximate surface area is 127 Å². The van der Waals surface area contributed by atoms with E-state index in [0.717, 1.165) is 31.4 Å². The van der Waals surface area contributed by atoms with Gasteiger partial charge in [0.2, 0.25) is 5.91 Å². The van der Waals surface area contributed by atoms with E-state index >= 15 is 0 Å². The number of ether oxygens (including phenoxy) is 1. The van der Waals surface area contributed by atoms with E-state index in [1.54, 1.807) is 12.1 Å². The van der Waals surface area contributed by atoms with E-state index in [1.807, 2.05) is 0 Å². The molecule has 22 heavy (non-hydrogen) atoms. The van der Waals surface area contributed by atoms with Gasteiger partial charge in [-0.3, -0.25) is 4.79 Å². The zero-order valence-corrected chi connectivity index (χ0v) is 12.1. The molecule has 1 heterocycles. The summed E-state index contributed by atoms with van der Waals surface area (Å²) in [6.07, 6.45) is -1.13. The maximum Gasteiger partial charge on any atom is 0.573 e. The summed E-state index contributed by atoms with van der Waals surface area (Å²) in [4.78, 5) is 11.9. The Kier molecular flexibility index (Phi) is 5.65. The SMILES string of the molecule is O=C(NCCc1ccc(OC(F)(F)F)cc1)C1CCCCN1. The van der Waals surface area contributed by atoms with Crippen LogP contribution in [-0.2, 0) is 11.2 Å². The number of nitrogens with one attached hydrogen (secondary N) is 2. The van der Waals surface area contributed by atoms with Gasteiger partial charge in [-0.15, -0.1) is 13.2 Å². The molecule has 1 aliphatic rings. The summed E-state index contributed by atoms with van der Waals surface area (Å²) in [7, 11) is 0. The van der Waals surface area contributed by atoms with E-state index in [1.165, 1.54) is 12.1 Å². The molecule has 1 aromatic rings. The molecule has 1 aromatic carbocycles. The molecular weight excluding hydrogens is 297 g/mol. The Balaban J connectivity index is 1.73. The van der Waals surface area contributed by atoms with E-state index in [9.17, 15) is 18.0 Å². The van der Waals surface area contributed by atoms with E-state index in [2.05, 4.69) is 15.4 Å². The van der Waals surface area contributed by atoms with Gasteiger partial charge in [0, 0.05) is 6.54 Å². The summed E-state index contributed by atoms with van der Waals surface area (Å²) in [5.41, 5.74) is 0.839. The fourth-order valence-corrected chi connectivity index (χ4v) is 2.39. The van der Waals surface area contributed by atoms with E-state index < -0.39 is 6.36 Å². The van der Waals surface area contributed by atoms with Crippen molar-refractivity contribution in [2.45, 2.75) is 38.1 Å². The van der Waals surface area contributed by atoms with E-state index in [0.29, 0.717) is 13.0 Å². The van der Waals surface area contributed by atoms with Crippen molar-refractivity contribution in [3.05, 3.63) is 29.8 Å². The van der Waals surface area contributed by atoms with Gasteiger partial charge in [-0.05, 0) is 43.5 Å². The van der Waals surface area contributed by atoms with Gasteiger partial charge >= 0.3 is 6.36 Å². The number of halogens is 3. The predicted molar refractivity (Wildman–Crippen MR) is 75.5 cm³/mol. The minimum Gasteiger partial charge on any atom is -0.406 e.